The SMILES string of the molecule is CC(C)c1cc(Cc2c(Br)cc(OCC(=O)NN)cc2Br)ccc1O. The number of rotatable bonds is 6. The van der Waals surface area contributed by atoms with E-state index in [1.54, 1.807) is 6.07 Å². The molecule has 0 aromatic heterocycles. The number of hydrogen-bond donors (Lipinski definition) is 3. The third-order valence-corrected chi connectivity index (χ3v) is 5.16. The highest BCUT2D eigenvalue weighted by atomic mass is 79.9. The average molecular weight is 472 g/mol. The van der Waals surface area contributed by atoms with Crippen molar-refractivity contribution < 1.29 is 14.6 Å². The molecule has 0 fully saturated rings. The number of phenols is 1. The van der Waals surface area contributed by atoms with Gasteiger partial charge in [0.1, 0.15) is 11.5 Å². The zero-order valence-corrected chi connectivity index (χ0v) is 17.1. The van der Waals surface area contributed by atoms with Crippen molar-refractivity contribution in [1.82, 2.24) is 5.43 Å². The maximum atomic E-state index is 11.2. The highest BCUT2D eigenvalue weighted by Crippen LogP contribution is 2.34. The monoisotopic (exact) mass is 470 g/mol. The van der Waals surface area contributed by atoms with Gasteiger partial charge in [0, 0.05) is 8.95 Å². The molecule has 1 amide bonds. The quantitative estimate of drug-likeness (QED) is 0.337. The van der Waals surface area contributed by atoms with Crippen LogP contribution in [0.5, 0.6) is 11.5 Å². The van der Waals surface area contributed by atoms with Crippen LogP contribution in [0.15, 0.2) is 39.3 Å². The van der Waals surface area contributed by atoms with Crippen LogP contribution < -0.4 is 16.0 Å². The molecule has 0 aliphatic heterocycles. The number of amides is 1. The molecule has 0 aliphatic carbocycles. The highest BCUT2D eigenvalue weighted by Gasteiger charge is 2.12. The summed E-state index contributed by atoms with van der Waals surface area (Å²) in [5.74, 6) is 5.75. The molecule has 2 aromatic rings. The fourth-order valence-electron chi connectivity index (χ4n) is 2.40. The Morgan fingerprint density at radius 1 is 1.24 bits per heavy atom. The second-order valence-electron chi connectivity index (χ2n) is 5.95. The van der Waals surface area contributed by atoms with Crippen molar-refractivity contribution in [3.63, 3.8) is 0 Å². The lowest BCUT2D eigenvalue weighted by Crippen LogP contribution is -2.34. The van der Waals surface area contributed by atoms with Gasteiger partial charge in [0.05, 0.1) is 0 Å². The van der Waals surface area contributed by atoms with Gasteiger partial charge in [-0.3, -0.25) is 10.2 Å². The average Bonchev–Trinajstić information content (AvgIpc) is 2.57. The lowest BCUT2D eigenvalue weighted by molar-refractivity contribution is -0.123. The summed E-state index contributed by atoms with van der Waals surface area (Å²) in [6.45, 7) is 3.95. The van der Waals surface area contributed by atoms with E-state index in [2.05, 4.69) is 31.9 Å². The number of hydrogen-bond acceptors (Lipinski definition) is 4. The first kappa shape index (κ1) is 19.8. The lowest BCUT2D eigenvalue weighted by atomic mass is 9.96. The van der Waals surface area contributed by atoms with Gasteiger partial charge in [-0.1, -0.05) is 57.8 Å². The van der Waals surface area contributed by atoms with Gasteiger partial charge in [-0.05, 0) is 47.2 Å². The van der Waals surface area contributed by atoms with Gasteiger partial charge < -0.3 is 9.84 Å². The molecule has 25 heavy (non-hydrogen) atoms. The number of phenolic OH excluding ortho intramolecular Hbond substituents is 1. The van der Waals surface area contributed by atoms with Gasteiger partial charge in [0.15, 0.2) is 6.61 Å². The molecule has 7 heteroatoms. The molecule has 0 atom stereocenters. The van der Waals surface area contributed by atoms with Gasteiger partial charge in [-0.15, -0.1) is 0 Å². The van der Waals surface area contributed by atoms with Crippen LogP contribution in [-0.4, -0.2) is 17.6 Å². The minimum absolute atomic E-state index is 0.148. The standard InChI is InChI=1S/C18H20Br2N2O3/c1-10(2)13-5-11(3-4-17(13)23)6-14-15(19)7-12(8-16(14)20)25-9-18(24)22-21/h3-5,7-8,10,23H,6,9,21H2,1-2H3,(H,22,24). The Bertz CT molecular complexity index is 756. The number of benzene rings is 2. The molecule has 0 aliphatic rings. The molecule has 5 nitrogen and oxygen atoms in total. The van der Waals surface area contributed by atoms with Crippen molar-refractivity contribution in [2.45, 2.75) is 26.2 Å². The van der Waals surface area contributed by atoms with Gasteiger partial charge >= 0.3 is 0 Å². The summed E-state index contributed by atoms with van der Waals surface area (Å²) in [5.41, 5.74) is 5.10. The number of carbonyl (C=O) groups is 1. The first-order valence-corrected chi connectivity index (χ1v) is 9.32. The zero-order chi connectivity index (χ0) is 18.6. The Morgan fingerprint density at radius 3 is 2.44 bits per heavy atom. The van der Waals surface area contributed by atoms with Crippen molar-refractivity contribution in [3.05, 3.63) is 56.0 Å². The summed E-state index contributed by atoms with van der Waals surface area (Å²) in [4.78, 5) is 11.2. The van der Waals surface area contributed by atoms with Gasteiger partial charge in [-0.25, -0.2) is 5.84 Å². The van der Waals surface area contributed by atoms with Crippen LogP contribution in [-0.2, 0) is 11.2 Å². The van der Waals surface area contributed by atoms with Crippen molar-refractivity contribution in [1.29, 1.82) is 0 Å². The molecular weight excluding hydrogens is 452 g/mol. The van der Waals surface area contributed by atoms with Crippen LogP contribution in [0.2, 0.25) is 0 Å². The number of nitrogens with two attached hydrogens (primary N) is 1. The Labute approximate surface area is 163 Å². The maximum Gasteiger partial charge on any atom is 0.271 e. The third kappa shape index (κ3) is 5.20. The van der Waals surface area contributed by atoms with Crippen LogP contribution in [0.4, 0.5) is 0 Å². The predicted octanol–water partition coefficient (Wildman–Crippen LogP) is 4.00. The fourth-order valence-corrected chi connectivity index (χ4v) is 3.83. The van der Waals surface area contributed by atoms with E-state index >= 15 is 0 Å². The van der Waals surface area contributed by atoms with Crippen LogP contribution in [0.3, 0.4) is 0 Å². The number of aromatic hydroxyl groups is 1. The van der Waals surface area contributed by atoms with Crippen LogP contribution in [0.1, 0.15) is 36.5 Å². The Hall–Kier alpha value is -1.57. The molecule has 0 radical (unpaired) electrons. The Balaban J connectivity index is 2.23. The van der Waals surface area contributed by atoms with E-state index in [0.29, 0.717) is 17.9 Å². The number of hydrazine groups is 1. The summed E-state index contributed by atoms with van der Waals surface area (Å²) in [6.07, 6.45) is 0.685. The molecule has 0 unspecified atom stereocenters. The molecule has 4 N–H and O–H groups in total. The number of halogens is 2. The number of carbonyl (C=O) groups excluding carboxylic acids is 1. The van der Waals surface area contributed by atoms with E-state index in [1.165, 1.54) is 0 Å². The van der Waals surface area contributed by atoms with E-state index in [9.17, 15) is 9.90 Å². The van der Waals surface area contributed by atoms with Gasteiger partial charge in [-0.2, -0.15) is 0 Å². The third-order valence-electron chi connectivity index (χ3n) is 3.74. The van der Waals surface area contributed by atoms with Crippen LogP contribution in [0.25, 0.3) is 0 Å². The normalized spacial score (nSPS) is 10.8. The smallest absolute Gasteiger partial charge is 0.271 e. The largest absolute Gasteiger partial charge is 0.508 e. The molecular formula is C18H20Br2N2O3. The fraction of sp³-hybridized carbons (Fsp3) is 0.278. The van der Waals surface area contributed by atoms with Gasteiger partial charge in [0.25, 0.3) is 5.91 Å². The van der Waals surface area contributed by atoms with Gasteiger partial charge in [0.2, 0.25) is 0 Å². The van der Waals surface area contributed by atoms with Crippen molar-refractivity contribution in [2.75, 3.05) is 6.61 Å². The Morgan fingerprint density at radius 2 is 1.88 bits per heavy atom. The summed E-state index contributed by atoms with van der Waals surface area (Å²) in [5, 5.41) is 9.96. The minimum atomic E-state index is -0.401. The minimum Gasteiger partial charge on any atom is -0.508 e. The maximum absolute atomic E-state index is 11.2. The van der Waals surface area contributed by atoms with E-state index in [4.69, 9.17) is 10.6 Å². The molecule has 2 rings (SSSR count). The topological polar surface area (TPSA) is 84.6 Å². The molecule has 2 aromatic carbocycles. The Kier molecular flexibility index (Phi) is 6.87. The molecule has 134 valence electrons. The highest BCUT2D eigenvalue weighted by molar-refractivity contribution is 9.11. The van der Waals surface area contributed by atoms with Crippen molar-refractivity contribution in [3.8, 4) is 11.5 Å². The first-order chi connectivity index (χ1) is 11.8. The van der Waals surface area contributed by atoms with E-state index in [1.807, 2.05) is 43.5 Å². The number of ether oxygens (including phenoxy) is 1. The zero-order valence-electron chi connectivity index (χ0n) is 14.0. The molecule has 0 spiro atoms. The van der Waals surface area contributed by atoms with Crippen LogP contribution >= 0.6 is 31.9 Å². The lowest BCUT2D eigenvalue weighted by Gasteiger charge is -2.14. The molecule has 0 saturated carbocycles. The second kappa shape index (κ2) is 8.69. The number of nitrogens with one attached hydrogen (secondary N) is 1. The molecule has 0 heterocycles. The summed E-state index contributed by atoms with van der Waals surface area (Å²) in [7, 11) is 0. The van der Waals surface area contributed by atoms with Crippen molar-refractivity contribution >= 4 is 37.8 Å². The van der Waals surface area contributed by atoms with E-state index < -0.39 is 5.91 Å². The van der Waals surface area contributed by atoms with E-state index in [0.717, 1.165) is 25.6 Å². The second-order valence-corrected chi connectivity index (χ2v) is 7.65. The summed E-state index contributed by atoms with van der Waals surface area (Å²) < 4.78 is 7.14. The first-order valence-electron chi connectivity index (χ1n) is 7.73. The molecule has 0 saturated heterocycles. The van der Waals surface area contributed by atoms with Crippen molar-refractivity contribution in [2.24, 2.45) is 5.84 Å². The summed E-state index contributed by atoms with van der Waals surface area (Å²) >= 11 is 7.11. The van der Waals surface area contributed by atoms with E-state index in [-0.39, 0.29) is 12.5 Å². The summed E-state index contributed by atoms with van der Waals surface area (Å²) in [6, 6.07) is 9.29. The molecule has 0 bridgehead atoms. The predicted molar refractivity (Wildman–Crippen MR) is 105 cm³/mol. The van der Waals surface area contributed by atoms with Crippen LogP contribution in [0, 0.1) is 0 Å².